The molecule has 0 radical (unpaired) electrons. The van der Waals surface area contributed by atoms with Crippen LogP contribution in [0.15, 0.2) is 17.2 Å². The molecule has 1 aromatic heterocycles. The highest BCUT2D eigenvalue weighted by molar-refractivity contribution is 4.98. The van der Waals surface area contributed by atoms with Crippen molar-refractivity contribution in [1.29, 1.82) is 0 Å². The quantitative estimate of drug-likeness (QED) is 0.548. The third kappa shape index (κ3) is 0.690. The van der Waals surface area contributed by atoms with E-state index in [9.17, 15) is 4.79 Å². The van der Waals surface area contributed by atoms with E-state index < -0.39 is 0 Å². The number of hydrogen-bond acceptors (Lipinski definition) is 2. The predicted molar refractivity (Wildman–Crippen MR) is 36.7 cm³/mol. The molecule has 3 N–H and O–H groups in total. The van der Waals surface area contributed by atoms with Gasteiger partial charge in [0.1, 0.15) is 0 Å². The fourth-order valence-corrected chi connectivity index (χ4v) is 1.11. The Morgan fingerprint density at radius 2 is 2.50 bits per heavy atom. The Hall–Kier alpha value is -1.03. The molecule has 0 saturated heterocycles. The Morgan fingerprint density at radius 1 is 1.80 bits per heavy atom. The lowest BCUT2D eigenvalue weighted by Crippen LogP contribution is -2.18. The molecule has 54 valence electrons. The van der Waals surface area contributed by atoms with E-state index in [4.69, 9.17) is 5.73 Å². The number of aromatic amines is 1. The summed E-state index contributed by atoms with van der Waals surface area (Å²) in [6, 6.07) is 0.437. The van der Waals surface area contributed by atoms with Gasteiger partial charge in [0, 0.05) is 18.4 Å². The maximum absolute atomic E-state index is 10.9. The summed E-state index contributed by atoms with van der Waals surface area (Å²) in [5.74, 6) is 0. The van der Waals surface area contributed by atoms with Crippen molar-refractivity contribution in [2.75, 3.05) is 0 Å². The minimum Gasteiger partial charge on any atom is -0.326 e. The molecular formula is C6H9N3O. The summed E-state index contributed by atoms with van der Waals surface area (Å²) in [6.45, 7) is 0. The SMILES string of the molecule is NC1CC1n1cc[nH]c1=O. The third-order valence-corrected chi connectivity index (χ3v) is 1.84. The Balaban J connectivity index is 2.35. The van der Waals surface area contributed by atoms with Gasteiger partial charge in [-0.05, 0) is 6.42 Å². The van der Waals surface area contributed by atoms with Gasteiger partial charge in [-0.3, -0.25) is 4.57 Å². The number of hydrogen-bond donors (Lipinski definition) is 2. The van der Waals surface area contributed by atoms with Gasteiger partial charge in [-0.1, -0.05) is 0 Å². The molecule has 1 saturated carbocycles. The van der Waals surface area contributed by atoms with E-state index in [1.165, 1.54) is 0 Å². The highest BCUT2D eigenvalue weighted by Crippen LogP contribution is 2.31. The van der Waals surface area contributed by atoms with Crippen LogP contribution in [0.4, 0.5) is 0 Å². The van der Waals surface area contributed by atoms with Crippen LogP contribution in [-0.4, -0.2) is 15.6 Å². The molecule has 1 aliphatic rings. The molecule has 0 amide bonds. The zero-order valence-corrected chi connectivity index (χ0v) is 5.45. The average molecular weight is 139 g/mol. The fourth-order valence-electron chi connectivity index (χ4n) is 1.11. The molecular weight excluding hydrogens is 130 g/mol. The van der Waals surface area contributed by atoms with Crippen LogP contribution in [0.2, 0.25) is 0 Å². The summed E-state index contributed by atoms with van der Waals surface area (Å²) < 4.78 is 1.64. The zero-order chi connectivity index (χ0) is 7.14. The van der Waals surface area contributed by atoms with Gasteiger partial charge in [-0.15, -0.1) is 0 Å². The van der Waals surface area contributed by atoms with Crippen molar-refractivity contribution in [3.63, 3.8) is 0 Å². The largest absolute Gasteiger partial charge is 0.326 e. The van der Waals surface area contributed by atoms with Crippen LogP contribution < -0.4 is 11.4 Å². The second-order valence-electron chi connectivity index (χ2n) is 2.64. The molecule has 1 fully saturated rings. The van der Waals surface area contributed by atoms with Crippen molar-refractivity contribution < 1.29 is 0 Å². The molecule has 0 aliphatic heterocycles. The minimum absolute atomic E-state index is 0.0575. The average Bonchev–Trinajstić information content (AvgIpc) is 2.42. The maximum atomic E-state index is 10.9. The number of aromatic nitrogens is 2. The van der Waals surface area contributed by atoms with Crippen LogP contribution in [0, 0.1) is 0 Å². The first kappa shape index (κ1) is 5.73. The van der Waals surface area contributed by atoms with E-state index in [0.717, 1.165) is 6.42 Å². The van der Waals surface area contributed by atoms with E-state index in [0.29, 0.717) is 0 Å². The Kier molecular flexibility index (Phi) is 0.990. The number of nitrogens with zero attached hydrogens (tertiary/aromatic N) is 1. The zero-order valence-electron chi connectivity index (χ0n) is 5.45. The van der Waals surface area contributed by atoms with Gasteiger partial charge in [0.2, 0.25) is 0 Å². The van der Waals surface area contributed by atoms with Gasteiger partial charge in [-0.2, -0.15) is 0 Å². The van der Waals surface area contributed by atoms with Crippen molar-refractivity contribution in [3.05, 3.63) is 22.9 Å². The molecule has 2 unspecified atom stereocenters. The van der Waals surface area contributed by atoms with E-state index >= 15 is 0 Å². The van der Waals surface area contributed by atoms with Gasteiger partial charge in [0.15, 0.2) is 0 Å². The summed E-state index contributed by atoms with van der Waals surface area (Å²) >= 11 is 0. The first-order valence-electron chi connectivity index (χ1n) is 3.30. The lowest BCUT2D eigenvalue weighted by Gasteiger charge is -1.93. The molecule has 2 atom stereocenters. The first-order chi connectivity index (χ1) is 4.79. The molecule has 0 bridgehead atoms. The first-order valence-corrected chi connectivity index (χ1v) is 3.30. The number of nitrogens with two attached hydrogens (primary N) is 1. The third-order valence-electron chi connectivity index (χ3n) is 1.84. The van der Waals surface area contributed by atoms with Gasteiger partial charge < -0.3 is 10.7 Å². The van der Waals surface area contributed by atoms with Gasteiger partial charge in [-0.25, -0.2) is 4.79 Å². The predicted octanol–water partition coefficient (Wildman–Crippen LogP) is -0.552. The Bertz CT molecular complexity index is 287. The molecule has 10 heavy (non-hydrogen) atoms. The molecule has 0 spiro atoms. The number of imidazole rings is 1. The lowest BCUT2D eigenvalue weighted by atomic mass is 10.6. The van der Waals surface area contributed by atoms with Crippen LogP contribution in [0.3, 0.4) is 0 Å². The van der Waals surface area contributed by atoms with Crippen molar-refractivity contribution >= 4 is 0 Å². The topological polar surface area (TPSA) is 63.8 Å². The van der Waals surface area contributed by atoms with Crippen molar-refractivity contribution in [1.82, 2.24) is 9.55 Å². The van der Waals surface area contributed by atoms with Crippen molar-refractivity contribution in [3.8, 4) is 0 Å². The second-order valence-corrected chi connectivity index (χ2v) is 2.64. The van der Waals surface area contributed by atoms with Crippen molar-refractivity contribution in [2.45, 2.75) is 18.5 Å². The normalized spacial score (nSPS) is 30.5. The summed E-state index contributed by atoms with van der Waals surface area (Å²) in [5.41, 5.74) is 5.50. The van der Waals surface area contributed by atoms with Crippen LogP contribution >= 0.6 is 0 Å². The number of nitrogens with one attached hydrogen (secondary N) is 1. The van der Waals surface area contributed by atoms with Crippen molar-refractivity contribution in [2.24, 2.45) is 5.73 Å². The standard InChI is InChI=1S/C6H9N3O/c7-4-3-5(4)9-2-1-8-6(9)10/h1-2,4-5H,3,7H2,(H,8,10). The highest BCUT2D eigenvalue weighted by Gasteiger charge is 2.35. The lowest BCUT2D eigenvalue weighted by molar-refractivity contribution is 0.685. The summed E-state index contributed by atoms with van der Waals surface area (Å²) in [5, 5.41) is 0. The van der Waals surface area contributed by atoms with Crippen LogP contribution in [-0.2, 0) is 0 Å². The molecule has 4 heteroatoms. The summed E-state index contributed by atoms with van der Waals surface area (Å²) in [6.07, 6.45) is 4.30. The van der Waals surface area contributed by atoms with Gasteiger partial charge in [0.05, 0.1) is 6.04 Å². The molecule has 4 nitrogen and oxygen atoms in total. The Labute approximate surface area is 57.7 Å². The van der Waals surface area contributed by atoms with E-state index in [-0.39, 0.29) is 17.8 Å². The number of rotatable bonds is 1. The molecule has 1 aromatic rings. The summed E-state index contributed by atoms with van der Waals surface area (Å²) in [4.78, 5) is 13.5. The van der Waals surface area contributed by atoms with E-state index in [1.807, 2.05) is 0 Å². The smallest absolute Gasteiger partial charge is 0.325 e. The highest BCUT2D eigenvalue weighted by atomic mass is 16.1. The van der Waals surface area contributed by atoms with Crippen LogP contribution in [0.25, 0.3) is 0 Å². The van der Waals surface area contributed by atoms with E-state index in [2.05, 4.69) is 4.98 Å². The number of H-pyrrole nitrogens is 1. The molecule has 1 heterocycles. The van der Waals surface area contributed by atoms with Gasteiger partial charge in [0.25, 0.3) is 0 Å². The van der Waals surface area contributed by atoms with Crippen LogP contribution in [0.5, 0.6) is 0 Å². The molecule has 0 aromatic carbocycles. The molecule has 2 rings (SSSR count). The second kappa shape index (κ2) is 1.73. The molecule has 1 aliphatic carbocycles. The van der Waals surface area contributed by atoms with E-state index in [1.54, 1.807) is 17.0 Å². The summed E-state index contributed by atoms with van der Waals surface area (Å²) in [7, 11) is 0. The minimum atomic E-state index is -0.0575. The van der Waals surface area contributed by atoms with Crippen LogP contribution in [0.1, 0.15) is 12.5 Å². The monoisotopic (exact) mass is 139 g/mol. The fraction of sp³-hybridized carbons (Fsp3) is 0.500. The Morgan fingerprint density at radius 3 is 2.90 bits per heavy atom. The maximum Gasteiger partial charge on any atom is 0.325 e. The van der Waals surface area contributed by atoms with Gasteiger partial charge >= 0.3 is 5.69 Å².